The Labute approximate surface area is 119 Å². The molecule has 0 N–H and O–H groups in total. The van der Waals surface area contributed by atoms with Crippen molar-refractivity contribution in [3.63, 3.8) is 0 Å². The molecular formula is C14H23N3O3. The van der Waals surface area contributed by atoms with Crippen LogP contribution >= 0.6 is 0 Å². The van der Waals surface area contributed by atoms with E-state index < -0.39 is 0 Å². The highest BCUT2D eigenvalue weighted by Crippen LogP contribution is 2.22. The van der Waals surface area contributed by atoms with E-state index in [-0.39, 0.29) is 17.8 Å². The molecule has 2 unspecified atom stereocenters. The topological polar surface area (TPSA) is 68.5 Å². The monoisotopic (exact) mass is 281 g/mol. The van der Waals surface area contributed by atoms with Gasteiger partial charge in [0.25, 0.3) is 0 Å². The summed E-state index contributed by atoms with van der Waals surface area (Å²) in [7, 11) is 0. The first kappa shape index (κ1) is 15.1. The van der Waals surface area contributed by atoms with E-state index >= 15 is 0 Å². The molecule has 1 aromatic rings. The standard InChI is InChI=1S/C14H23N3O3/c1-4-6-17-7-8-19-12(9-17)13-15-14(20-16-13)10(3)11(18)5-2/h10,12H,4-9H2,1-3H3. The zero-order chi connectivity index (χ0) is 14.5. The highest BCUT2D eigenvalue weighted by atomic mass is 16.5. The molecule has 1 aliphatic heterocycles. The summed E-state index contributed by atoms with van der Waals surface area (Å²) in [5.41, 5.74) is 0. The second-order valence-corrected chi connectivity index (χ2v) is 5.19. The van der Waals surface area contributed by atoms with Crippen LogP contribution in [0.4, 0.5) is 0 Å². The SMILES string of the molecule is CCCN1CCOC(c2noc(C(C)C(=O)CC)n2)C1. The summed E-state index contributed by atoms with van der Waals surface area (Å²) in [6.45, 7) is 9.25. The fourth-order valence-electron chi connectivity index (χ4n) is 2.38. The molecule has 2 atom stereocenters. The molecule has 112 valence electrons. The number of carbonyl (C=O) groups excluding carboxylic acids is 1. The van der Waals surface area contributed by atoms with Crippen LogP contribution in [-0.4, -0.2) is 47.1 Å². The zero-order valence-corrected chi connectivity index (χ0v) is 12.5. The molecule has 0 radical (unpaired) electrons. The second kappa shape index (κ2) is 6.95. The van der Waals surface area contributed by atoms with Gasteiger partial charge in [0, 0.05) is 19.5 Å². The first-order chi connectivity index (χ1) is 9.65. The molecular weight excluding hydrogens is 258 g/mol. The number of ether oxygens (including phenoxy) is 1. The molecule has 0 aliphatic carbocycles. The molecule has 6 heteroatoms. The van der Waals surface area contributed by atoms with Gasteiger partial charge in [0.15, 0.2) is 0 Å². The van der Waals surface area contributed by atoms with Gasteiger partial charge >= 0.3 is 0 Å². The molecule has 1 aliphatic rings. The van der Waals surface area contributed by atoms with Gasteiger partial charge < -0.3 is 9.26 Å². The third kappa shape index (κ3) is 3.43. The van der Waals surface area contributed by atoms with Gasteiger partial charge in [0.1, 0.15) is 11.9 Å². The van der Waals surface area contributed by atoms with Crippen molar-refractivity contribution >= 4 is 5.78 Å². The molecule has 0 spiro atoms. The Hall–Kier alpha value is -1.27. The Balaban J connectivity index is 2.02. The van der Waals surface area contributed by atoms with Crippen LogP contribution in [0.2, 0.25) is 0 Å². The summed E-state index contributed by atoms with van der Waals surface area (Å²) in [6, 6.07) is 0. The van der Waals surface area contributed by atoms with E-state index in [1.807, 2.05) is 6.92 Å². The average Bonchev–Trinajstić information content (AvgIpc) is 2.96. The predicted octanol–water partition coefficient (Wildman–Crippen LogP) is 1.94. The number of nitrogens with zero attached hydrogens (tertiary/aromatic N) is 3. The van der Waals surface area contributed by atoms with E-state index in [9.17, 15) is 4.79 Å². The predicted molar refractivity (Wildman–Crippen MR) is 73.4 cm³/mol. The Bertz CT molecular complexity index is 445. The number of rotatable bonds is 6. The van der Waals surface area contributed by atoms with Gasteiger partial charge in [-0.05, 0) is 19.9 Å². The Morgan fingerprint density at radius 1 is 1.50 bits per heavy atom. The number of aromatic nitrogens is 2. The molecule has 0 saturated carbocycles. The van der Waals surface area contributed by atoms with Gasteiger partial charge in [0.05, 0.1) is 12.5 Å². The van der Waals surface area contributed by atoms with Gasteiger partial charge in [-0.25, -0.2) is 0 Å². The van der Waals surface area contributed by atoms with Crippen LogP contribution in [0, 0.1) is 0 Å². The lowest BCUT2D eigenvalue weighted by molar-refractivity contribution is -0.120. The van der Waals surface area contributed by atoms with Crippen LogP contribution in [0.5, 0.6) is 0 Å². The maximum atomic E-state index is 11.7. The summed E-state index contributed by atoms with van der Waals surface area (Å²) in [5, 5.41) is 3.98. The number of morpholine rings is 1. The molecule has 1 aromatic heterocycles. The molecule has 1 fully saturated rings. The van der Waals surface area contributed by atoms with Gasteiger partial charge in [0.2, 0.25) is 11.7 Å². The van der Waals surface area contributed by atoms with E-state index in [4.69, 9.17) is 9.26 Å². The molecule has 0 aromatic carbocycles. The first-order valence-corrected chi connectivity index (χ1v) is 7.35. The van der Waals surface area contributed by atoms with Crippen LogP contribution in [0.25, 0.3) is 0 Å². The third-order valence-corrected chi connectivity index (χ3v) is 3.64. The molecule has 20 heavy (non-hydrogen) atoms. The number of hydrogen-bond donors (Lipinski definition) is 0. The molecule has 6 nitrogen and oxygen atoms in total. The van der Waals surface area contributed by atoms with E-state index in [1.54, 1.807) is 6.92 Å². The van der Waals surface area contributed by atoms with Crippen molar-refractivity contribution in [1.82, 2.24) is 15.0 Å². The summed E-state index contributed by atoms with van der Waals surface area (Å²) >= 11 is 0. The van der Waals surface area contributed by atoms with Gasteiger partial charge in [-0.2, -0.15) is 4.98 Å². The summed E-state index contributed by atoms with van der Waals surface area (Å²) in [4.78, 5) is 18.4. The lowest BCUT2D eigenvalue weighted by Gasteiger charge is -2.30. The Morgan fingerprint density at radius 3 is 3.00 bits per heavy atom. The molecule has 1 saturated heterocycles. The quantitative estimate of drug-likeness (QED) is 0.793. The Morgan fingerprint density at radius 2 is 2.30 bits per heavy atom. The van der Waals surface area contributed by atoms with Crippen LogP contribution in [0.1, 0.15) is 57.3 Å². The van der Waals surface area contributed by atoms with Crippen molar-refractivity contribution in [2.75, 3.05) is 26.2 Å². The molecule has 2 rings (SSSR count). The smallest absolute Gasteiger partial charge is 0.237 e. The number of hydrogen-bond acceptors (Lipinski definition) is 6. The number of carbonyl (C=O) groups is 1. The van der Waals surface area contributed by atoms with Crippen molar-refractivity contribution in [3.8, 4) is 0 Å². The lowest BCUT2D eigenvalue weighted by atomic mass is 10.1. The first-order valence-electron chi connectivity index (χ1n) is 7.35. The summed E-state index contributed by atoms with van der Waals surface area (Å²) in [5.74, 6) is 0.716. The van der Waals surface area contributed by atoms with E-state index in [1.165, 1.54) is 0 Å². The molecule has 0 amide bonds. The minimum Gasteiger partial charge on any atom is -0.367 e. The van der Waals surface area contributed by atoms with Crippen molar-refractivity contribution in [1.29, 1.82) is 0 Å². The summed E-state index contributed by atoms with van der Waals surface area (Å²) in [6.07, 6.45) is 1.44. The minimum absolute atomic E-state index is 0.109. The maximum absolute atomic E-state index is 11.7. The average molecular weight is 281 g/mol. The van der Waals surface area contributed by atoms with Gasteiger partial charge in [-0.3, -0.25) is 9.69 Å². The van der Waals surface area contributed by atoms with Crippen molar-refractivity contribution in [2.24, 2.45) is 0 Å². The van der Waals surface area contributed by atoms with Crippen LogP contribution < -0.4 is 0 Å². The van der Waals surface area contributed by atoms with Crippen molar-refractivity contribution < 1.29 is 14.1 Å². The minimum atomic E-state index is -0.336. The third-order valence-electron chi connectivity index (χ3n) is 3.64. The molecule has 2 heterocycles. The van der Waals surface area contributed by atoms with E-state index in [0.717, 1.165) is 26.1 Å². The van der Waals surface area contributed by atoms with Gasteiger partial charge in [-0.15, -0.1) is 0 Å². The molecule has 0 bridgehead atoms. The van der Waals surface area contributed by atoms with E-state index in [0.29, 0.717) is 24.7 Å². The van der Waals surface area contributed by atoms with E-state index in [2.05, 4.69) is 22.0 Å². The summed E-state index contributed by atoms with van der Waals surface area (Å²) < 4.78 is 10.9. The number of ketones is 1. The van der Waals surface area contributed by atoms with Crippen molar-refractivity contribution in [3.05, 3.63) is 11.7 Å². The lowest BCUT2D eigenvalue weighted by Crippen LogP contribution is -2.39. The number of Topliss-reactive ketones (excluding diaryl/α,β-unsaturated/α-hetero) is 1. The zero-order valence-electron chi connectivity index (χ0n) is 12.5. The fraction of sp³-hybridized carbons (Fsp3) is 0.786. The highest BCUT2D eigenvalue weighted by Gasteiger charge is 2.28. The Kier molecular flexibility index (Phi) is 5.25. The van der Waals surface area contributed by atoms with Crippen LogP contribution in [0.3, 0.4) is 0 Å². The fourth-order valence-corrected chi connectivity index (χ4v) is 2.38. The largest absolute Gasteiger partial charge is 0.367 e. The van der Waals surface area contributed by atoms with Crippen molar-refractivity contribution in [2.45, 2.75) is 45.6 Å². The van der Waals surface area contributed by atoms with Gasteiger partial charge in [-0.1, -0.05) is 19.0 Å². The normalized spacial score (nSPS) is 21.9. The second-order valence-electron chi connectivity index (χ2n) is 5.19. The highest BCUT2D eigenvalue weighted by molar-refractivity contribution is 5.83. The maximum Gasteiger partial charge on any atom is 0.237 e. The van der Waals surface area contributed by atoms with Crippen LogP contribution in [-0.2, 0) is 9.53 Å². The van der Waals surface area contributed by atoms with Crippen LogP contribution in [0.15, 0.2) is 4.52 Å².